The average molecular weight is 289 g/mol. The van der Waals surface area contributed by atoms with Crippen LogP contribution in [0.3, 0.4) is 0 Å². The van der Waals surface area contributed by atoms with Crippen molar-refractivity contribution in [2.24, 2.45) is 5.92 Å². The number of nitrogens with zero attached hydrogens (tertiary/aromatic N) is 1. The van der Waals surface area contributed by atoms with E-state index in [1.54, 1.807) is 0 Å². The van der Waals surface area contributed by atoms with Crippen molar-refractivity contribution in [2.45, 2.75) is 65.7 Å². The molecule has 0 amide bonds. The van der Waals surface area contributed by atoms with Crippen molar-refractivity contribution in [3.63, 3.8) is 0 Å². The lowest BCUT2D eigenvalue weighted by Crippen LogP contribution is -2.24. The quantitative estimate of drug-likeness (QED) is 0.787. The first kappa shape index (κ1) is 16.0. The van der Waals surface area contributed by atoms with Gasteiger partial charge in [-0.3, -0.25) is 4.98 Å². The minimum absolute atomic E-state index is 0.154. The average Bonchev–Trinajstić information content (AvgIpc) is 2.44. The SMILES string of the molecule is CCOC(=O)c1cc2c(nc1C(C)(C)C)CCC(CC)C2. The van der Waals surface area contributed by atoms with Gasteiger partial charge in [0.1, 0.15) is 0 Å². The summed E-state index contributed by atoms with van der Waals surface area (Å²) in [5.41, 5.74) is 3.79. The minimum atomic E-state index is -0.239. The summed E-state index contributed by atoms with van der Waals surface area (Å²) in [6.45, 7) is 10.8. The zero-order chi connectivity index (χ0) is 15.6. The standard InChI is InChI=1S/C18H27NO2/c1-6-12-8-9-15-13(10-12)11-14(17(20)21-7-2)16(19-15)18(3,4)5/h11-12H,6-10H2,1-5H3. The second-order valence-corrected chi connectivity index (χ2v) is 6.98. The molecule has 0 aliphatic heterocycles. The highest BCUT2D eigenvalue weighted by atomic mass is 16.5. The second kappa shape index (κ2) is 6.17. The Morgan fingerprint density at radius 3 is 2.67 bits per heavy atom. The van der Waals surface area contributed by atoms with E-state index < -0.39 is 0 Å². The highest BCUT2D eigenvalue weighted by Crippen LogP contribution is 2.32. The largest absolute Gasteiger partial charge is 0.462 e. The molecule has 2 rings (SSSR count). The van der Waals surface area contributed by atoms with Crippen LogP contribution in [-0.4, -0.2) is 17.6 Å². The molecular formula is C18H27NO2. The molecular weight excluding hydrogens is 262 g/mol. The van der Waals surface area contributed by atoms with Crippen molar-refractivity contribution in [3.05, 3.63) is 28.6 Å². The van der Waals surface area contributed by atoms with E-state index in [0.29, 0.717) is 12.2 Å². The van der Waals surface area contributed by atoms with Crippen LogP contribution in [0.5, 0.6) is 0 Å². The van der Waals surface area contributed by atoms with Crippen molar-refractivity contribution in [2.75, 3.05) is 6.61 Å². The fourth-order valence-corrected chi connectivity index (χ4v) is 3.02. The van der Waals surface area contributed by atoms with Gasteiger partial charge in [0.2, 0.25) is 0 Å². The second-order valence-electron chi connectivity index (χ2n) is 6.98. The molecule has 21 heavy (non-hydrogen) atoms. The van der Waals surface area contributed by atoms with Gasteiger partial charge in [0, 0.05) is 11.1 Å². The van der Waals surface area contributed by atoms with Gasteiger partial charge >= 0.3 is 5.97 Å². The van der Waals surface area contributed by atoms with Gasteiger partial charge in [-0.25, -0.2) is 4.79 Å². The van der Waals surface area contributed by atoms with E-state index >= 15 is 0 Å². The van der Waals surface area contributed by atoms with Crippen molar-refractivity contribution in [3.8, 4) is 0 Å². The number of ether oxygens (including phenoxy) is 1. The molecule has 0 fully saturated rings. The van der Waals surface area contributed by atoms with Gasteiger partial charge in [-0.2, -0.15) is 0 Å². The van der Waals surface area contributed by atoms with E-state index in [1.807, 2.05) is 13.0 Å². The molecule has 1 atom stereocenters. The molecule has 0 saturated carbocycles. The first-order valence-corrected chi connectivity index (χ1v) is 8.07. The summed E-state index contributed by atoms with van der Waals surface area (Å²) < 4.78 is 5.23. The van der Waals surface area contributed by atoms with Crippen LogP contribution in [-0.2, 0) is 23.0 Å². The number of carbonyl (C=O) groups is 1. The van der Waals surface area contributed by atoms with Crippen LogP contribution in [0.15, 0.2) is 6.07 Å². The monoisotopic (exact) mass is 289 g/mol. The molecule has 1 aliphatic carbocycles. The topological polar surface area (TPSA) is 39.2 Å². The minimum Gasteiger partial charge on any atom is -0.462 e. The summed E-state index contributed by atoms with van der Waals surface area (Å²) in [6.07, 6.45) is 4.46. The highest BCUT2D eigenvalue weighted by molar-refractivity contribution is 5.91. The molecule has 3 heteroatoms. The van der Waals surface area contributed by atoms with E-state index in [-0.39, 0.29) is 11.4 Å². The van der Waals surface area contributed by atoms with Gasteiger partial charge in [0.05, 0.1) is 17.9 Å². The van der Waals surface area contributed by atoms with Crippen LogP contribution in [0.4, 0.5) is 0 Å². The Morgan fingerprint density at radius 2 is 2.10 bits per heavy atom. The Hall–Kier alpha value is -1.38. The normalized spacial score (nSPS) is 18.2. The van der Waals surface area contributed by atoms with E-state index in [0.717, 1.165) is 24.5 Å². The molecule has 0 saturated heterocycles. The Bertz CT molecular complexity index is 529. The number of rotatable bonds is 3. The van der Waals surface area contributed by atoms with Crippen molar-refractivity contribution in [1.82, 2.24) is 4.98 Å². The summed E-state index contributed by atoms with van der Waals surface area (Å²) >= 11 is 0. The molecule has 1 aromatic heterocycles. The van der Waals surface area contributed by atoms with Gasteiger partial charge in [-0.1, -0.05) is 34.1 Å². The van der Waals surface area contributed by atoms with E-state index in [2.05, 4.69) is 27.7 Å². The van der Waals surface area contributed by atoms with Crippen molar-refractivity contribution in [1.29, 1.82) is 0 Å². The molecule has 116 valence electrons. The number of hydrogen-bond acceptors (Lipinski definition) is 3. The van der Waals surface area contributed by atoms with E-state index in [4.69, 9.17) is 9.72 Å². The molecule has 1 aromatic rings. The Labute approximate surface area is 128 Å². The summed E-state index contributed by atoms with van der Waals surface area (Å²) in [5.74, 6) is 0.478. The fraction of sp³-hybridized carbons (Fsp3) is 0.667. The third kappa shape index (κ3) is 3.45. The molecule has 0 N–H and O–H groups in total. The van der Waals surface area contributed by atoms with Gasteiger partial charge in [0.25, 0.3) is 0 Å². The predicted octanol–water partition coefficient (Wildman–Crippen LogP) is 4.07. The Balaban J connectivity index is 2.48. The molecule has 0 spiro atoms. The summed E-state index contributed by atoms with van der Waals surface area (Å²) in [5, 5.41) is 0. The Kier molecular flexibility index (Phi) is 4.70. The predicted molar refractivity (Wildman–Crippen MR) is 84.7 cm³/mol. The number of hydrogen-bond donors (Lipinski definition) is 0. The molecule has 3 nitrogen and oxygen atoms in total. The fourth-order valence-electron chi connectivity index (χ4n) is 3.02. The van der Waals surface area contributed by atoms with Crippen LogP contribution in [0, 0.1) is 5.92 Å². The summed E-state index contributed by atoms with van der Waals surface area (Å²) in [7, 11) is 0. The van der Waals surface area contributed by atoms with Crippen molar-refractivity contribution < 1.29 is 9.53 Å². The van der Waals surface area contributed by atoms with E-state index in [1.165, 1.54) is 24.1 Å². The number of aryl methyl sites for hydroxylation is 1. The first-order valence-electron chi connectivity index (χ1n) is 8.07. The lowest BCUT2D eigenvalue weighted by atomic mass is 9.81. The van der Waals surface area contributed by atoms with Gasteiger partial charge in [-0.05, 0) is 43.7 Å². The molecule has 1 unspecified atom stereocenters. The maximum absolute atomic E-state index is 12.3. The zero-order valence-electron chi connectivity index (χ0n) is 14.0. The molecule has 0 radical (unpaired) electrons. The first-order chi connectivity index (χ1) is 9.86. The molecule has 0 bridgehead atoms. The van der Waals surface area contributed by atoms with Gasteiger partial charge < -0.3 is 4.74 Å². The number of carbonyl (C=O) groups excluding carboxylic acids is 1. The molecule has 0 aromatic carbocycles. The number of pyridine rings is 1. The maximum Gasteiger partial charge on any atom is 0.340 e. The van der Waals surface area contributed by atoms with Crippen LogP contribution < -0.4 is 0 Å². The Morgan fingerprint density at radius 1 is 1.38 bits per heavy atom. The molecule has 1 aliphatic rings. The highest BCUT2D eigenvalue weighted by Gasteiger charge is 2.28. The molecule has 1 heterocycles. The summed E-state index contributed by atoms with van der Waals surface area (Å²) in [6, 6.07) is 2.04. The number of esters is 1. The van der Waals surface area contributed by atoms with Crippen LogP contribution in [0.25, 0.3) is 0 Å². The van der Waals surface area contributed by atoms with E-state index in [9.17, 15) is 4.79 Å². The van der Waals surface area contributed by atoms with Gasteiger partial charge in [0.15, 0.2) is 0 Å². The van der Waals surface area contributed by atoms with Crippen LogP contribution in [0.2, 0.25) is 0 Å². The van der Waals surface area contributed by atoms with Crippen LogP contribution >= 0.6 is 0 Å². The lowest BCUT2D eigenvalue weighted by Gasteiger charge is -2.27. The van der Waals surface area contributed by atoms with Gasteiger partial charge in [-0.15, -0.1) is 0 Å². The number of aromatic nitrogens is 1. The number of fused-ring (bicyclic) bond motifs is 1. The maximum atomic E-state index is 12.3. The smallest absolute Gasteiger partial charge is 0.340 e. The zero-order valence-corrected chi connectivity index (χ0v) is 14.0. The lowest BCUT2D eigenvalue weighted by molar-refractivity contribution is 0.0522. The van der Waals surface area contributed by atoms with Crippen LogP contribution in [0.1, 0.15) is 74.8 Å². The third-order valence-electron chi connectivity index (χ3n) is 4.27. The van der Waals surface area contributed by atoms with Crippen molar-refractivity contribution >= 4 is 5.97 Å². The third-order valence-corrected chi connectivity index (χ3v) is 4.27. The summed E-state index contributed by atoms with van der Waals surface area (Å²) in [4.78, 5) is 17.1.